The molecule has 0 aliphatic heterocycles. The molecule has 0 heterocycles. The average Bonchev–Trinajstić information content (AvgIpc) is 2.28. The van der Waals surface area contributed by atoms with Gasteiger partial charge in [-0.3, -0.25) is 0 Å². The molecule has 0 aromatic heterocycles. The van der Waals surface area contributed by atoms with Crippen LogP contribution in [0, 0.1) is 0 Å². The first-order valence-corrected chi connectivity index (χ1v) is 7.42. The molecule has 18 heavy (non-hydrogen) atoms. The summed E-state index contributed by atoms with van der Waals surface area (Å²) in [5.41, 5.74) is 8.67. The smallest absolute Gasteiger partial charge is 0.279 e. The van der Waals surface area contributed by atoms with E-state index in [2.05, 4.69) is 4.72 Å². The number of nitrogens with two attached hydrogens (primary N) is 1. The number of hydrogen-bond donors (Lipinski definition) is 2. The Labute approximate surface area is 108 Å². The molecule has 0 saturated carbocycles. The lowest BCUT2D eigenvalue weighted by molar-refractivity contribution is 0.466. The van der Waals surface area contributed by atoms with E-state index in [0.717, 1.165) is 36.1 Å². The number of hydrogen-bond acceptors (Lipinski definition) is 3. The predicted molar refractivity (Wildman–Crippen MR) is 72.3 cm³/mol. The third-order valence-corrected chi connectivity index (χ3v) is 4.80. The van der Waals surface area contributed by atoms with E-state index in [1.807, 2.05) is 18.2 Å². The van der Waals surface area contributed by atoms with Crippen LogP contribution in [0.1, 0.15) is 30.0 Å². The number of aryl methyl sites for hydroxylation is 1. The van der Waals surface area contributed by atoms with Gasteiger partial charge in [0.15, 0.2) is 0 Å². The van der Waals surface area contributed by atoms with Crippen LogP contribution in [-0.2, 0) is 16.6 Å². The normalized spacial score (nSPS) is 19.8. The third-order valence-electron chi connectivity index (χ3n) is 3.25. The van der Waals surface area contributed by atoms with Crippen molar-refractivity contribution < 1.29 is 8.42 Å². The van der Waals surface area contributed by atoms with Crippen LogP contribution in [0.5, 0.6) is 0 Å². The Balaban J connectivity index is 2.29. The molecule has 3 N–H and O–H groups in total. The molecule has 1 aliphatic rings. The zero-order chi connectivity index (χ0) is 13.3. The standard InChI is InChI=1S/C12H19N3O2S/c1-15(2)18(16,17)14-12-5-3-4-9-8-10(13)6-7-11(9)12/h6-8,12,14H,3-5,13H2,1-2H3. The van der Waals surface area contributed by atoms with Gasteiger partial charge in [0.25, 0.3) is 10.2 Å². The molecule has 2 rings (SSSR count). The van der Waals surface area contributed by atoms with Crippen LogP contribution in [0.15, 0.2) is 18.2 Å². The number of benzene rings is 1. The summed E-state index contributed by atoms with van der Waals surface area (Å²) in [6, 6.07) is 5.53. The molecule has 1 aromatic carbocycles. The summed E-state index contributed by atoms with van der Waals surface area (Å²) in [5.74, 6) is 0. The summed E-state index contributed by atoms with van der Waals surface area (Å²) >= 11 is 0. The Kier molecular flexibility index (Phi) is 3.61. The highest BCUT2D eigenvalue weighted by Crippen LogP contribution is 2.31. The highest BCUT2D eigenvalue weighted by atomic mass is 32.2. The second-order valence-corrected chi connectivity index (χ2v) is 6.72. The Hall–Kier alpha value is -1.11. The molecule has 0 radical (unpaired) electrons. The second kappa shape index (κ2) is 4.87. The fraction of sp³-hybridized carbons (Fsp3) is 0.500. The van der Waals surface area contributed by atoms with E-state index in [1.165, 1.54) is 18.4 Å². The lowest BCUT2D eigenvalue weighted by atomic mass is 9.88. The molecule has 0 saturated heterocycles. The summed E-state index contributed by atoms with van der Waals surface area (Å²) < 4.78 is 27.7. The van der Waals surface area contributed by atoms with Gasteiger partial charge in [-0.2, -0.15) is 17.4 Å². The number of nitrogens with one attached hydrogen (secondary N) is 1. The quantitative estimate of drug-likeness (QED) is 0.805. The first kappa shape index (κ1) is 13.3. The molecule has 5 nitrogen and oxygen atoms in total. The zero-order valence-corrected chi connectivity index (χ0v) is 11.5. The van der Waals surface area contributed by atoms with E-state index < -0.39 is 10.2 Å². The summed E-state index contributed by atoms with van der Waals surface area (Å²) in [5, 5.41) is 0. The van der Waals surface area contributed by atoms with Gasteiger partial charge in [-0.05, 0) is 42.5 Å². The maximum absolute atomic E-state index is 11.9. The van der Waals surface area contributed by atoms with Crippen LogP contribution in [-0.4, -0.2) is 26.8 Å². The van der Waals surface area contributed by atoms with E-state index in [9.17, 15) is 8.42 Å². The van der Waals surface area contributed by atoms with Gasteiger partial charge in [-0.25, -0.2) is 0 Å². The molecular weight excluding hydrogens is 250 g/mol. The van der Waals surface area contributed by atoms with Crippen molar-refractivity contribution in [2.45, 2.75) is 25.3 Å². The van der Waals surface area contributed by atoms with Crippen LogP contribution in [0.4, 0.5) is 5.69 Å². The molecule has 1 aliphatic carbocycles. The van der Waals surface area contributed by atoms with Crippen LogP contribution in [0.2, 0.25) is 0 Å². The van der Waals surface area contributed by atoms with Crippen LogP contribution in [0.3, 0.4) is 0 Å². The fourth-order valence-electron chi connectivity index (χ4n) is 2.24. The minimum absolute atomic E-state index is 0.151. The van der Waals surface area contributed by atoms with Crippen molar-refractivity contribution in [1.29, 1.82) is 0 Å². The molecule has 6 heteroatoms. The van der Waals surface area contributed by atoms with E-state index in [1.54, 1.807) is 0 Å². The predicted octanol–water partition coefficient (Wildman–Crippen LogP) is 1.04. The number of nitrogen functional groups attached to an aromatic ring is 1. The second-order valence-electron chi connectivity index (χ2n) is 4.81. The lowest BCUT2D eigenvalue weighted by Crippen LogP contribution is -2.39. The van der Waals surface area contributed by atoms with Crippen LogP contribution < -0.4 is 10.5 Å². The Bertz CT molecular complexity index is 540. The Morgan fingerprint density at radius 3 is 2.78 bits per heavy atom. The summed E-state index contributed by atoms with van der Waals surface area (Å²) in [6.45, 7) is 0. The topological polar surface area (TPSA) is 75.4 Å². The largest absolute Gasteiger partial charge is 0.399 e. The van der Waals surface area contributed by atoms with Gasteiger partial charge in [0.2, 0.25) is 0 Å². The minimum Gasteiger partial charge on any atom is -0.399 e. The van der Waals surface area contributed by atoms with Gasteiger partial charge in [0.05, 0.1) is 0 Å². The summed E-state index contributed by atoms with van der Waals surface area (Å²) in [4.78, 5) is 0. The molecule has 1 unspecified atom stereocenters. The van der Waals surface area contributed by atoms with E-state index >= 15 is 0 Å². The van der Waals surface area contributed by atoms with Gasteiger partial charge in [-0.1, -0.05) is 6.07 Å². The third kappa shape index (κ3) is 2.66. The first-order valence-electron chi connectivity index (χ1n) is 5.98. The highest BCUT2D eigenvalue weighted by Gasteiger charge is 2.25. The lowest BCUT2D eigenvalue weighted by Gasteiger charge is -2.27. The maximum atomic E-state index is 11.9. The molecule has 0 spiro atoms. The number of anilines is 1. The Morgan fingerprint density at radius 1 is 1.39 bits per heavy atom. The van der Waals surface area contributed by atoms with E-state index in [4.69, 9.17) is 5.73 Å². The van der Waals surface area contributed by atoms with Crippen LogP contribution >= 0.6 is 0 Å². The van der Waals surface area contributed by atoms with E-state index in [0.29, 0.717) is 0 Å². The molecule has 1 aromatic rings. The van der Waals surface area contributed by atoms with Crippen molar-refractivity contribution in [2.24, 2.45) is 0 Å². The molecular formula is C12H19N3O2S. The molecule has 0 bridgehead atoms. The fourth-order valence-corrected chi connectivity index (χ4v) is 3.06. The maximum Gasteiger partial charge on any atom is 0.279 e. The van der Waals surface area contributed by atoms with Crippen molar-refractivity contribution in [3.8, 4) is 0 Å². The van der Waals surface area contributed by atoms with Crippen molar-refractivity contribution >= 4 is 15.9 Å². The average molecular weight is 269 g/mol. The molecule has 1 atom stereocenters. The number of fused-ring (bicyclic) bond motifs is 1. The number of rotatable bonds is 3. The number of nitrogens with zero attached hydrogens (tertiary/aromatic N) is 1. The van der Waals surface area contributed by atoms with Gasteiger partial charge in [0, 0.05) is 25.8 Å². The summed E-state index contributed by atoms with van der Waals surface area (Å²) in [6.07, 6.45) is 2.75. The van der Waals surface area contributed by atoms with Crippen molar-refractivity contribution in [2.75, 3.05) is 19.8 Å². The molecule has 0 fully saturated rings. The van der Waals surface area contributed by atoms with Gasteiger partial charge in [-0.15, -0.1) is 0 Å². The van der Waals surface area contributed by atoms with E-state index in [-0.39, 0.29) is 6.04 Å². The van der Waals surface area contributed by atoms with Gasteiger partial charge in [0.1, 0.15) is 0 Å². The summed E-state index contributed by atoms with van der Waals surface area (Å²) in [7, 11) is -0.353. The molecule has 100 valence electrons. The first-order chi connectivity index (χ1) is 8.40. The van der Waals surface area contributed by atoms with Crippen molar-refractivity contribution in [3.63, 3.8) is 0 Å². The highest BCUT2D eigenvalue weighted by molar-refractivity contribution is 7.87. The SMILES string of the molecule is CN(C)S(=O)(=O)NC1CCCc2cc(N)ccc21. The zero-order valence-electron chi connectivity index (χ0n) is 10.7. The van der Waals surface area contributed by atoms with Gasteiger partial charge < -0.3 is 5.73 Å². The van der Waals surface area contributed by atoms with Crippen LogP contribution in [0.25, 0.3) is 0 Å². The minimum atomic E-state index is -3.40. The monoisotopic (exact) mass is 269 g/mol. The molecule has 0 amide bonds. The Morgan fingerprint density at radius 2 is 2.11 bits per heavy atom. The van der Waals surface area contributed by atoms with Crippen molar-refractivity contribution in [3.05, 3.63) is 29.3 Å². The van der Waals surface area contributed by atoms with Gasteiger partial charge >= 0.3 is 0 Å². The van der Waals surface area contributed by atoms with Crippen molar-refractivity contribution in [1.82, 2.24) is 9.03 Å².